The highest BCUT2D eigenvalue weighted by atomic mass is 16.1. The molecule has 2 aromatic heterocycles. The van der Waals surface area contributed by atoms with Crippen molar-refractivity contribution in [2.75, 3.05) is 7.05 Å². The summed E-state index contributed by atoms with van der Waals surface area (Å²) in [5.74, 6) is 0.571. The monoisotopic (exact) mass is 345 g/mol. The molecule has 0 bridgehead atoms. The molecule has 0 fully saturated rings. The second kappa shape index (κ2) is 6.50. The van der Waals surface area contributed by atoms with Gasteiger partial charge in [0.25, 0.3) is 5.91 Å². The van der Waals surface area contributed by atoms with E-state index in [1.807, 2.05) is 48.7 Å². The lowest BCUT2D eigenvalue weighted by Crippen LogP contribution is -2.18. The van der Waals surface area contributed by atoms with Crippen molar-refractivity contribution in [1.82, 2.24) is 19.9 Å². The van der Waals surface area contributed by atoms with Gasteiger partial charge in [0.2, 0.25) is 0 Å². The summed E-state index contributed by atoms with van der Waals surface area (Å²) < 4.78 is 2.06. The van der Waals surface area contributed by atoms with Gasteiger partial charge in [-0.2, -0.15) is 0 Å². The van der Waals surface area contributed by atoms with Gasteiger partial charge < -0.3 is 20.6 Å². The number of fused-ring (bicyclic) bond motifs is 1. The summed E-state index contributed by atoms with van der Waals surface area (Å²) in [5, 5.41) is 2.65. The largest absolute Gasteiger partial charge is 0.355 e. The van der Waals surface area contributed by atoms with Crippen LogP contribution in [0.25, 0.3) is 28.1 Å². The first kappa shape index (κ1) is 16.1. The lowest BCUT2D eigenvalue weighted by Gasteiger charge is -2.09. The maximum absolute atomic E-state index is 12.1. The van der Waals surface area contributed by atoms with E-state index in [-0.39, 0.29) is 5.91 Å². The molecule has 0 unspecified atom stereocenters. The maximum Gasteiger partial charge on any atom is 0.253 e. The Morgan fingerprint density at radius 1 is 1.19 bits per heavy atom. The van der Waals surface area contributed by atoms with Gasteiger partial charge in [0, 0.05) is 36.7 Å². The van der Waals surface area contributed by atoms with Crippen LogP contribution in [0.4, 0.5) is 0 Å². The average molecular weight is 345 g/mol. The zero-order chi connectivity index (χ0) is 18.1. The minimum absolute atomic E-state index is 0.151. The Bertz CT molecular complexity index is 1090. The van der Waals surface area contributed by atoms with Gasteiger partial charge in [-0.15, -0.1) is 0 Å². The minimum Gasteiger partial charge on any atom is -0.355 e. The second-order valence-electron chi connectivity index (χ2n) is 5.99. The van der Waals surface area contributed by atoms with Crippen LogP contribution in [0.5, 0.6) is 0 Å². The highest BCUT2D eigenvalue weighted by Gasteiger charge is 2.13. The van der Waals surface area contributed by atoms with Crippen molar-refractivity contribution in [2.45, 2.75) is 6.54 Å². The molecule has 0 aliphatic carbocycles. The average Bonchev–Trinajstić information content (AvgIpc) is 3.33. The Kier molecular flexibility index (Phi) is 4.02. The molecule has 0 saturated heterocycles. The summed E-state index contributed by atoms with van der Waals surface area (Å²) in [5.41, 5.74) is 10.9. The SMILES string of the molecule is CNC(=O)c1cccc2[nH]c(-c3cccc(-n4cccc4CN)c3)nc12. The molecule has 0 atom stereocenters. The van der Waals surface area contributed by atoms with Crippen molar-refractivity contribution < 1.29 is 4.79 Å². The Labute approximate surface area is 150 Å². The fourth-order valence-corrected chi connectivity index (χ4v) is 3.12. The standard InChI is InChI=1S/C20H19N5O/c1-22-20(26)16-8-3-9-17-18(16)24-19(23-17)13-5-2-6-14(11-13)25-10-4-7-15(25)12-21/h2-11H,12,21H2,1H3,(H,22,26)(H,23,24). The van der Waals surface area contributed by atoms with Crippen molar-refractivity contribution >= 4 is 16.9 Å². The molecule has 0 spiro atoms. The highest BCUT2D eigenvalue weighted by molar-refractivity contribution is 6.05. The van der Waals surface area contributed by atoms with E-state index in [0.717, 1.165) is 28.3 Å². The zero-order valence-corrected chi connectivity index (χ0v) is 14.4. The number of hydrogen-bond donors (Lipinski definition) is 3. The van der Waals surface area contributed by atoms with E-state index in [9.17, 15) is 4.79 Å². The van der Waals surface area contributed by atoms with Crippen LogP contribution in [0.15, 0.2) is 60.8 Å². The topological polar surface area (TPSA) is 88.7 Å². The maximum atomic E-state index is 12.1. The lowest BCUT2D eigenvalue weighted by atomic mass is 10.1. The number of carbonyl (C=O) groups is 1. The van der Waals surface area contributed by atoms with Crippen LogP contribution in [0.1, 0.15) is 16.1 Å². The number of nitrogens with zero attached hydrogens (tertiary/aromatic N) is 2. The van der Waals surface area contributed by atoms with Crippen LogP contribution in [-0.4, -0.2) is 27.5 Å². The number of aromatic amines is 1. The number of nitrogens with one attached hydrogen (secondary N) is 2. The van der Waals surface area contributed by atoms with Crippen molar-refractivity contribution in [1.29, 1.82) is 0 Å². The van der Waals surface area contributed by atoms with E-state index in [0.29, 0.717) is 17.6 Å². The Morgan fingerprint density at radius 3 is 2.85 bits per heavy atom. The number of benzene rings is 2. The minimum atomic E-state index is -0.151. The first-order valence-electron chi connectivity index (χ1n) is 8.39. The molecule has 2 heterocycles. The van der Waals surface area contributed by atoms with E-state index >= 15 is 0 Å². The van der Waals surface area contributed by atoms with E-state index in [1.165, 1.54) is 0 Å². The van der Waals surface area contributed by atoms with Crippen molar-refractivity contribution in [3.05, 3.63) is 72.1 Å². The van der Waals surface area contributed by atoms with Gasteiger partial charge in [-0.1, -0.05) is 18.2 Å². The third-order valence-electron chi connectivity index (χ3n) is 4.42. The number of carbonyl (C=O) groups excluding carboxylic acids is 1. The Balaban J connectivity index is 1.81. The summed E-state index contributed by atoms with van der Waals surface area (Å²) in [7, 11) is 1.62. The van der Waals surface area contributed by atoms with Crippen molar-refractivity contribution in [2.24, 2.45) is 5.73 Å². The predicted molar refractivity (Wildman–Crippen MR) is 102 cm³/mol. The summed E-state index contributed by atoms with van der Waals surface area (Å²) in [6.45, 7) is 0.470. The molecule has 6 heteroatoms. The summed E-state index contributed by atoms with van der Waals surface area (Å²) in [4.78, 5) is 20.0. The smallest absolute Gasteiger partial charge is 0.253 e. The molecular formula is C20H19N5O. The van der Waals surface area contributed by atoms with Crippen LogP contribution in [-0.2, 0) is 6.54 Å². The van der Waals surface area contributed by atoms with Gasteiger partial charge in [0.15, 0.2) is 0 Å². The van der Waals surface area contributed by atoms with Crippen molar-refractivity contribution in [3.8, 4) is 17.1 Å². The number of rotatable bonds is 4. The van der Waals surface area contributed by atoms with E-state index in [1.54, 1.807) is 13.1 Å². The van der Waals surface area contributed by atoms with Crippen LogP contribution in [0.3, 0.4) is 0 Å². The number of nitrogens with two attached hydrogens (primary N) is 1. The predicted octanol–water partition coefficient (Wildman–Crippen LogP) is 2.84. The number of H-pyrrole nitrogens is 1. The van der Waals surface area contributed by atoms with Crippen LogP contribution >= 0.6 is 0 Å². The number of amides is 1. The van der Waals surface area contributed by atoms with Crippen LogP contribution in [0.2, 0.25) is 0 Å². The van der Waals surface area contributed by atoms with E-state index in [4.69, 9.17) is 5.73 Å². The fraction of sp³-hybridized carbons (Fsp3) is 0.100. The highest BCUT2D eigenvalue weighted by Crippen LogP contribution is 2.25. The number of aromatic nitrogens is 3. The van der Waals surface area contributed by atoms with Crippen molar-refractivity contribution in [3.63, 3.8) is 0 Å². The summed E-state index contributed by atoms with van der Waals surface area (Å²) in [6.07, 6.45) is 1.99. The summed E-state index contributed by atoms with van der Waals surface area (Å²) >= 11 is 0. The molecule has 4 N–H and O–H groups in total. The molecule has 6 nitrogen and oxygen atoms in total. The molecule has 2 aromatic carbocycles. The number of imidazole rings is 1. The number of para-hydroxylation sites is 1. The molecule has 0 aliphatic heterocycles. The third-order valence-corrected chi connectivity index (χ3v) is 4.42. The third kappa shape index (κ3) is 2.66. The van der Waals surface area contributed by atoms with E-state index in [2.05, 4.69) is 25.9 Å². The molecular weight excluding hydrogens is 326 g/mol. The molecule has 0 saturated carbocycles. The molecule has 0 radical (unpaired) electrons. The first-order chi connectivity index (χ1) is 12.7. The quantitative estimate of drug-likeness (QED) is 0.531. The molecule has 26 heavy (non-hydrogen) atoms. The summed E-state index contributed by atoms with van der Waals surface area (Å²) in [6, 6.07) is 17.6. The Hall–Kier alpha value is -3.38. The van der Waals surface area contributed by atoms with Gasteiger partial charge >= 0.3 is 0 Å². The van der Waals surface area contributed by atoms with Crippen LogP contribution in [0, 0.1) is 0 Å². The molecule has 4 aromatic rings. The van der Waals surface area contributed by atoms with Gasteiger partial charge in [0.1, 0.15) is 11.3 Å². The lowest BCUT2D eigenvalue weighted by molar-refractivity contribution is 0.0964. The van der Waals surface area contributed by atoms with E-state index < -0.39 is 0 Å². The molecule has 130 valence electrons. The first-order valence-corrected chi connectivity index (χ1v) is 8.39. The Morgan fingerprint density at radius 2 is 2.04 bits per heavy atom. The molecule has 4 rings (SSSR count). The molecule has 1 amide bonds. The van der Waals surface area contributed by atoms with Gasteiger partial charge in [-0.3, -0.25) is 4.79 Å². The zero-order valence-electron chi connectivity index (χ0n) is 14.4. The second-order valence-corrected chi connectivity index (χ2v) is 5.99. The molecule has 0 aliphatic rings. The van der Waals surface area contributed by atoms with Gasteiger partial charge in [-0.25, -0.2) is 4.98 Å². The van der Waals surface area contributed by atoms with Gasteiger partial charge in [0.05, 0.1) is 11.1 Å². The normalized spacial score (nSPS) is 11.0. The van der Waals surface area contributed by atoms with Crippen LogP contribution < -0.4 is 11.1 Å². The van der Waals surface area contributed by atoms with Gasteiger partial charge in [-0.05, 0) is 36.4 Å². The number of hydrogen-bond acceptors (Lipinski definition) is 3. The fourth-order valence-electron chi connectivity index (χ4n) is 3.12.